The van der Waals surface area contributed by atoms with Crippen molar-refractivity contribution in [1.82, 2.24) is 5.01 Å². The van der Waals surface area contributed by atoms with Crippen LogP contribution in [0.5, 0.6) is 0 Å². The summed E-state index contributed by atoms with van der Waals surface area (Å²) >= 11 is 0. The summed E-state index contributed by atoms with van der Waals surface area (Å²) in [6.07, 6.45) is 0.496. The lowest BCUT2D eigenvalue weighted by molar-refractivity contribution is -0.144. The van der Waals surface area contributed by atoms with Crippen molar-refractivity contribution >= 4 is 17.5 Å². The zero-order valence-electron chi connectivity index (χ0n) is 13.3. The van der Waals surface area contributed by atoms with Gasteiger partial charge in [0.25, 0.3) is 0 Å². The maximum atomic E-state index is 13.8. The van der Waals surface area contributed by atoms with E-state index in [1.54, 1.807) is 0 Å². The number of carbonyl (C=O) groups excluding carboxylic acids is 2. The van der Waals surface area contributed by atoms with Crippen LogP contribution in [0, 0.1) is 17.6 Å². The van der Waals surface area contributed by atoms with Gasteiger partial charge in [-0.25, -0.2) is 14.6 Å². The topological polar surface area (TPSA) is 75.4 Å². The molecule has 1 aliphatic rings. The molecule has 2 amide bonds. The molecule has 3 N–H and O–H groups in total. The number of nitrogens with two attached hydrogens (primary N) is 1. The number of hydrogen-bond donors (Lipinski definition) is 2. The van der Waals surface area contributed by atoms with Crippen molar-refractivity contribution in [3.05, 3.63) is 65.7 Å². The second kappa shape index (κ2) is 6.98. The minimum atomic E-state index is -1.17. The second-order valence-electron chi connectivity index (χ2n) is 5.91. The Morgan fingerprint density at radius 2 is 1.84 bits per heavy atom. The van der Waals surface area contributed by atoms with Crippen LogP contribution in [0.4, 0.5) is 14.5 Å². The van der Waals surface area contributed by atoms with Crippen LogP contribution < -0.4 is 11.2 Å². The molecule has 2 aromatic carbocycles. The second-order valence-corrected chi connectivity index (χ2v) is 5.91. The maximum Gasteiger partial charge on any atom is 0.249 e. The number of piperidine rings is 1. The van der Waals surface area contributed by atoms with Gasteiger partial charge >= 0.3 is 0 Å². The first-order valence-corrected chi connectivity index (χ1v) is 7.85. The van der Waals surface area contributed by atoms with Crippen LogP contribution in [0.15, 0.2) is 48.5 Å². The van der Waals surface area contributed by atoms with E-state index in [9.17, 15) is 18.4 Å². The van der Waals surface area contributed by atoms with E-state index in [2.05, 4.69) is 5.32 Å². The summed E-state index contributed by atoms with van der Waals surface area (Å²) in [5, 5.41) is 3.31. The molecule has 2 unspecified atom stereocenters. The van der Waals surface area contributed by atoms with Gasteiger partial charge in [0.05, 0.1) is 5.69 Å². The molecule has 1 fully saturated rings. The number of nitrogens with one attached hydrogen (secondary N) is 1. The van der Waals surface area contributed by atoms with E-state index in [1.165, 1.54) is 12.1 Å². The molecule has 3 rings (SSSR count). The van der Waals surface area contributed by atoms with Gasteiger partial charge in [-0.2, -0.15) is 0 Å². The molecule has 0 aliphatic carbocycles. The first-order chi connectivity index (χ1) is 12.0. The Morgan fingerprint density at radius 3 is 2.56 bits per heavy atom. The fraction of sp³-hybridized carbons (Fsp3) is 0.222. The third-order valence-corrected chi connectivity index (χ3v) is 4.35. The molecule has 25 heavy (non-hydrogen) atoms. The summed E-state index contributed by atoms with van der Waals surface area (Å²) in [5.41, 5.74) is 0.516. The molecular formula is C18H17F2N3O2. The highest BCUT2D eigenvalue weighted by molar-refractivity contribution is 6.07. The number of anilines is 1. The van der Waals surface area contributed by atoms with Crippen molar-refractivity contribution in [2.24, 2.45) is 11.8 Å². The fourth-order valence-corrected chi connectivity index (χ4v) is 3.07. The van der Waals surface area contributed by atoms with Crippen molar-refractivity contribution in [2.75, 3.05) is 11.9 Å². The molecule has 0 radical (unpaired) electrons. The predicted octanol–water partition coefficient (Wildman–Crippen LogP) is 2.41. The molecule has 1 saturated heterocycles. The summed E-state index contributed by atoms with van der Waals surface area (Å²) in [7, 11) is 0. The largest absolute Gasteiger partial charge is 0.323 e. The zero-order chi connectivity index (χ0) is 18.0. The summed E-state index contributed by atoms with van der Waals surface area (Å²) in [6, 6.07) is 12.6. The molecule has 2 atom stereocenters. The van der Waals surface area contributed by atoms with Crippen LogP contribution in [0.25, 0.3) is 0 Å². The molecule has 130 valence electrons. The maximum absolute atomic E-state index is 13.8. The van der Waals surface area contributed by atoms with Gasteiger partial charge in [0.15, 0.2) is 11.6 Å². The van der Waals surface area contributed by atoms with Gasteiger partial charge in [-0.3, -0.25) is 14.6 Å². The molecule has 0 bridgehead atoms. The molecule has 1 heterocycles. The van der Waals surface area contributed by atoms with Crippen LogP contribution in [0.2, 0.25) is 0 Å². The lowest BCUT2D eigenvalue weighted by Crippen LogP contribution is -2.52. The molecule has 0 saturated carbocycles. The van der Waals surface area contributed by atoms with Gasteiger partial charge in [0, 0.05) is 12.5 Å². The van der Waals surface area contributed by atoms with Gasteiger partial charge in [-0.15, -0.1) is 0 Å². The van der Waals surface area contributed by atoms with Crippen molar-refractivity contribution in [2.45, 2.75) is 12.3 Å². The highest BCUT2D eigenvalue weighted by atomic mass is 19.2. The third kappa shape index (κ3) is 3.36. The minimum Gasteiger partial charge on any atom is -0.323 e. The first kappa shape index (κ1) is 17.0. The first-order valence-electron chi connectivity index (χ1n) is 7.85. The fourth-order valence-electron chi connectivity index (χ4n) is 3.07. The standard InChI is InChI=1S/C18H17F2N3O2/c19-13-7-4-8-14(16(13)20)22-17(24)15-12(9-10-23(21)18(15)25)11-5-2-1-3-6-11/h1-8,12,15H,9-10,21H2,(H,22,24). The van der Waals surface area contributed by atoms with Crippen molar-refractivity contribution in [1.29, 1.82) is 0 Å². The highest BCUT2D eigenvalue weighted by Gasteiger charge is 2.41. The van der Waals surface area contributed by atoms with Crippen LogP contribution in [-0.2, 0) is 9.59 Å². The van der Waals surface area contributed by atoms with Gasteiger partial charge < -0.3 is 5.32 Å². The lowest BCUT2D eigenvalue weighted by Gasteiger charge is -2.34. The Bertz CT molecular complexity index is 798. The van der Waals surface area contributed by atoms with Crippen molar-refractivity contribution < 1.29 is 18.4 Å². The summed E-state index contributed by atoms with van der Waals surface area (Å²) in [4.78, 5) is 25.1. The van der Waals surface area contributed by atoms with Crippen LogP contribution in [-0.4, -0.2) is 23.4 Å². The smallest absolute Gasteiger partial charge is 0.249 e. The van der Waals surface area contributed by atoms with Crippen LogP contribution in [0.1, 0.15) is 17.9 Å². The van der Waals surface area contributed by atoms with E-state index in [4.69, 9.17) is 5.84 Å². The molecule has 1 aliphatic heterocycles. The quantitative estimate of drug-likeness (QED) is 0.510. The number of carbonyl (C=O) groups is 2. The molecule has 0 spiro atoms. The lowest BCUT2D eigenvalue weighted by atomic mass is 9.79. The van der Waals surface area contributed by atoms with Gasteiger partial charge in [0.1, 0.15) is 5.92 Å². The van der Waals surface area contributed by atoms with Gasteiger partial charge in [0.2, 0.25) is 11.8 Å². The zero-order valence-corrected chi connectivity index (χ0v) is 13.3. The number of rotatable bonds is 3. The van der Waals surface area contributed by atoms with Crippen LogP contribution in [0.3, 0.4) is 0 Å². The Hall–Kier alpha value is -2.80. The Morgan fingerprint density at radius 1 is 1.12 bits per heavy atom. The van der Waals surface area contributed by atoms with E-state index < -0.39 is 29.4 Å². The molecular weight excluding hydrogens is 328 g/mol. The summed E-state index contributed by atoms with van der Waals surface area (Å²) < 4.78 is 27.1. The number of amides is 2. The normalized spacial score (nSPS) is 20.4. The van der Waals surface area contributed by atoms with E-state index in [-0.39, 0.29) is 11.6 Å². The number of halogens is 2. The van der Waals surface area contributed by atoms with Crippen LogP contribution >= 0.6 is 0 Å². The third-order valence-electron chi connectivity index (χ3n) is 4.35. The minimum absolute atomic E-state index is 0.307. The van der Waals surface area contributed by atoms with Gasteiger partial charge in [-0.05, 0) is 24.1 Å². The molecule has 5 nitrogen and oxygen atoms in total. The van der Waals surface area contributed by atoms with Gasteiger partial charge in [-0.1, -0.05) is 36.4 Å². The molecule has 2 aromatic rings. The van der Waals surface area contributed by atoms with E-state index in [0.717, 1.165) is 16.6 Å². The number of hydrazine groups is 1. The average Bonchev–Trinajstić information content (AvgIpc) is 2.61. The Labute approximate surface area is 143 Å². The van der Waals surface area contributed by atoms with E-state index in [1.807, 2.05) is 30.3 Å². The number of benzene rings is 2. The predicted molar refractivity (Wildman–Crippen MR) is 88.2 cm³/mol. The molecule has 7 heteroatoms. The van der Waals surface area contributed by atoms with E-state index in [0.29, 0.717) is 13.0 Å². The number of nitrogens with zero attached hydrogens (tertiary/aromatic N) is 1. The Kier molecular flexibility index (Phi) is 4.76. The summed E-state index contributed by atoms with van der Waals surface area (Å²) in [6.45, 7) is 0.316. The molecule has 0 aromatic heterocycles. The van der Waals surface area contributed by atoms with Crippen molar-refractivity contribution in [3.8, 4) is 0 Å². The monoisotopic (exact) mass is 345 g/mol. The Balaban J connectivity index is 1.90. The number of hydrogen-bond acceptors (Lipinski definition) is 3. The highest BCUT2D eigenvalue weighted by Crippen LogP contribution is 2.34. The average molecular weight is 345 g/mol. The van der Waals surface area contributed by atoms with Crippen molar-refractivity contribution in [3.63, 3.8) is 0 Å². The van der Waals surface area contributed by atoms with E-state index >= 15 is 0 Å². The summed E-state index contributed by atoms with van der Waals surface area (Å²) in [5.74, 6) is 0.673. The SMILES string of the molecule is NN1CCC(c2ccccc2)C(C(=O)Nc2cccc(F)c2F)C1=O.